The molecular weight excluding hydrogens is 310 g/mol. The van der Waals surface area contributed by atoms with Crippen LogP contribution in [0.1, 0.15) is 35.4 Å². The maximum atomic E-state index is 3.67. The van der Waals surface area contributed by atoms with Crippen LogP contribution in [0.3, 0.4) is 0 Å². The molecule has 1 saturated carbocycles. The summed E-state index contributed by atoms with van der Waals surface area (Å²) in [5.74, 6) is 0.726. The normalized spacial score (nSPS) is 21.4. The second kappa shape index (κ2) is 5.61. The summed E-state index contributed by atoms with van der Waals surface area (Å²) in [4.78, 5) is 0. The molecule has 1 aliphatic rings. The number of hydrogen-bond acceptors (Lipinski definition) is 1. The second-order valence-corrected chi connectivity index (χ2v) is 6.74. The van der Waals surface area contributed by atoms with Gasteiger partial charge in [0.2, 0.25) is 0 Å². The third-order valence-electron chi connectivity index (χ3n) is 4.31. The summed E-state index contributed by atoms with van der Waals surface area (Å²) >= 11 is 3.51. The Bertz CT molecular complexity index is 615. The summed E-state index contributed by atoms with van der Waals surface area (Å²) < 4.78 is 1.15. The Balaban J connectivity index is 1.62. The Kier molecular flexibility index (Phi) is 3.84. The van der Waals surface area contributed by atoms with E-state index >= 15 is 0 Å². The van der Waals surface area contributed by atoms with Gasteiger partial charge in [-0.1, -0.05) is 40.2 Å². The predicted molar refractivity (Wildman–Crippen MR) is 89.4 cm³/mol. The molecule has 0 amide bonds. The zero-order valence-electron chi connectivity index (χ0n) is 12.0. The molecule has 1 nitrogen and oxygen atoms in total. The molecule has 0 radical (unpaired) electrons. The largest absolute Gasteiger partial charge is 0.382 e. The minimum atomic E-state index is 0.611. The molecule has 0 atom stereocenters. The van der Waals surface area contributed by atoms with Crippen molar-refractivity contribution in [2.24, 2.45) is 0 Å². The first kappa shape index (κ1) is 13.7. The fraction of sp³-hybridized carbons (Fsp3) is 0.333. The lowest BCUT2D eigenvalue weighted by Gasteiger charge is -2.38. The first-order valence-electron chi connectivity index (χ1n) is 7.21. The molecule has 0 aromatic heterocycles. The number of benzene rings is 2. The van der Waals surface area contributed by atoms with Gasteiger partial charge in [-0.3, -0.25) is 0 Å². The smallest absolute Gasteiger partial charge is 0.0372 e. The van der Waals surface area contributed by atoms with Crippen LogP contribution >= 0.6 is 15.9 Å². The molecule has 1 N–H and O–H groups in total. The lowest BCUT2D eigenvalue weighted by molar-refractivity contribution is 0.373. The van der Waals surface area contributed by atoms with Crippen molar-refractivity contribution in [3.63, 3.8) is 0 Å². The van der Waals surface area contributed by atoms with Gasteiger partial charge in [0.1, 0.15) is 0 Å². The van der Waals surface area contributed by atoms with Gasteiger partial charge in [-0.2, -0.15) is 0 Å². The highest BCUT2D eigenvalue weighted by Gasteiger charge is 2.31. The second-order valence-electron chi connectivity index (χ2n) is 5.83. The van der Waals surface area contributed by atoms with Gasteiger partial charge in [-0.25, -0.2) is 0 Å². The van der Waals surface area contributed by atoms with Gasteiger partial charge in [0.05, 0.1) is 0 Å². The van der Waals surface area contributed by atoms with Crippen molar-refractivity contribution in [1.29, 1.82) is 0 Å². The van der Waals surface area contributed by atoms with Crippen LogP contribution in [0.2, 0.25) is 0 Å². The van der Waals surface area contributed by atoms with Gasteiger partial charge < -0.3 is 5.32 Å². The Labute approximate surface area is 129 Å². The van der Waals surface area contributed by atoms with E-state index in [1.54, 1.807) is 0 Å². The maximum absolute atomic E-state index is 3.67. The Morgan fingerprint density at radius 1 is 1.00 bits per heavy atom. The van der Waals surface area contributed by atoms with E-state index in [9.17, 15) is 0 Å². The van der Waals surface area contributed by atoms with E-state index in [0.717, 1.165) is 10.4 Å². The third kappa shape index (κ3) is 2.76. The van der Waals surface area contributed by atoms with Crippen LogP contribution in [0.4, 0.5) is 5.69 Å². The van der Waals surface area contributed by atoms with Gasteiger partial charge in [0, 0.05) is 16.2 Å². The van der Waals surface area contributed by atoms with Gasteiger partial charge >= 0.3 is 0 Å². The average molecular weight is 330 g/mol. The van der Waals surface area contributed by atoms with E-state index in [0.29, 0.717) is 6.04 Å². The zero-order chi connectivity index (χ0) is 14.1. The summed E-state index contributed by atoms with van der Waals surface area (Å²) in [6.07, 6.45) is 2.47. The van der Waals surface area contributed by atoms with E-state index in [1.807, 2.05) is 0 Å². The highest BCUT2D eigenvalue weighted by Crippen LogP contribution is 2.40. The van der Waals surface area contributed by atoms with E-state index in [2.05, 4.69) is 77.6 Å². The number of anilines is 1. The third-order valence-corrected chi connectivity index (χ3v) is 4.81. The monoisotopic (exact) mass is 329 g/mol. The van der Waals surface area contributed by atoms with E-state index < -0.39 is 0 Å². The highest BCUT2D eigenvalue weighted by molar-refractivity contribution is 9.10. The predicted octanol–water partition coefficient (Wildman–Crippen LogP) is 5.42. The van der Waals surface area contributed by atoms with Gasteiger partial charge in [-0.05, 0) is 67.5 Å². The van der Waals surface area contributed by atoms with Crippen molar-refractivity contribution in [2.75, 3.05) is 5.32 Å². The Morgan fingerprint density at radius 3 is 2.45 bits per heavy atom. The van der Waals surface area contributed by atoms with Crippen LogP contribution in [-0.4, -0.2) is 6.04 Å². The van der Waals surface area contributed by atoms with Crippen molar-refractivity contribution >= 4 is 21.6 Å². The number of rotatable bonds is 3. The van der Waals surface area contributed by atoms with Crippen molar-refractivity contribution in [3.05, 3.63) is 63.6 Å². The van der Waals surface area contributed by atoms with Gasteiger partial charge in [0.15, 0.2) is 0 Å². The molecule has 104 valence electrons. The van der Waals surface area contributed by atoms with E-state index in [4.69, 9.17) is 0 Å². The molecule has 0 heterocycles. The number of halogens is 1. The van der Waals surface area contributed by atoms with Crippen molar-refractivity contribution in [2.45, 2.75) is 38.6 Å². The number of nitrogens with one attached hydrogen (secondary N) is 1. The molecular formula is C18H20BrN. The minimum absolute atomic E-state index is 0.611. The summed E-state index contributed by atoms with van der Waals surface area (Å²) in [6, 6.07) is 15.8. The molecule has 0 aliphatic heterocycles. The molecule has 0 spiro atoms. The molecule has 0 unspecified atom stereocenters. The van der Waals surface area contributed by atoms with Crippen LogP contribution in [0.5, 0.6) is 0 Å². The van der Waals surface area contributed by atoms with Gasteiger partial charge in [0.25, 0.3) is 0 Å². The summed E-state index contributed by atoms with van der Waals surface area (Å²) in [7, 11) is 0. The first-order valence-corrected chi connectivity index (χ1v) is 8.01. The molecule has 1 aliphatic carbocycles. The van der Waals surface area contributed by atoms with Crippen LogP contribution in [0.15, 0.2) is 46.9 Å². The first-order chi connectivity index (χ1) is 9.63. The van der Waals surface area contributed by atoms with Crippen LogP contribution in [0, 0.1) is 13.8 Å². The standard InChI is InChI=1S/C18H20BrN/c1-12-5-3-4-6-17(12)14-10-16(11-14)20-18-8-7-15(19)9-13(18)2/h3-9,14,16,20H,10-11H2,1-2H3. The SMILES string of the molecule is Cc1cc(Br)ccc1NC1CC(c2ccccc2C)C1. The van der Waals surface area contributed by atoms with Crippen LogP contribution in [-0.2, 0) is 0 Å². The van der Waals surface area contributed by atoms with E-state index in [1.165, 1.54) is 35.2 Å². The van der Waals surface area contributed by atoms with Crippen LogP contribution in [0.25, 0.3) is 0 Å². The molecule has 2 aromatic carbocycles. The molecule has 20 heavy (non-hydrogen) atoms. The number of hydrogen-bond donors (Lipinski definition) is 1. The fourth-order valence-electron chi connectivity index (χ4n) is 3.04. The molecule has 2 heteroatoms. The molecule has 1 fully saturated rings. The molecule has 0 bridgehead atoms. The van der Waals surface area contributed by atoms with E-state index in [-0.39, 0.29) is 0 Å². The van der Waals surface area contributed by atoms with Gasteiger partial charge in [-0.15, -0.1) is 0 Å². The fourth-order valence-corrected chi connectivity index (χ4v) is 3.52. The topological polar surface area (TPSA) is 12.0 Å². The average Bonchev–Trinajstić information content (AvgIpc) is 2.37. The van der Waals surface area contributed by atoms with Crippen LogP contribution < -0.4 is 5.32 Å². The quantitative estimate of drug-likeness (QED) is 0.792. The van der Waals surface area contributed by atoms with Crippen molar-refractivity contribution in [3.8, 4) is 0 Å². The lowest BCUT2D eigenvalue weighted by Crippen LogP contribution is -2.34. The lowest BCUT2D eigenvalue weighted by atomic mass is 9.74. The highest BCUT2D eigenvalue weighted by atomic mass is 79.9. The maximum Gasteiger partial charge on any atom is 0.0372 e. The minimum Gasteiger partial charge on any atom is -0.382 e. The zero-order valence-corrected chi connectivity index (χ0v) is 13.6. The Hall–Kier alpha value is -1.28. The molecule has 3 rings (SSSR count). The molecule has 0 saturated heterocycles. The van der Waals surface area contributed by atoms with Crippen molar-refractivity contribution in [1.82, 2.24) is 0 Å². The van der Waals surface area contributed by atoms with Crippen molar-refractivity contribution < 1.29 is 0 Å². The molecule has 2 aromatic rings. The Morgan fingerprint density at radius 2 is 1.75 bits per heavy atom. The summed E-state index contributed by atoms with van der Waals surface area (Å²) in [5, 5.41) is 3.67. The summed E-state index contributed by atoms with van der Waals surface area (Å²) in [6.45, 7) is 4.37. The summed E-state index contributed by atoms with van der Waals surface area (Å²) in [5.41, 5.74) is 5.52. The number of aryl methyl sites for hydroxylation is 2.